The summed E-state index contributed by atoms with van der Waals surface area (Å²) in [5.41, 5.74) is 2.56. The summed E-state index contributed by atoms with van der Waals surface area (Å²) in [4.78, 5) is 28.1. The van der Waals surface area contributed by atoms with Gasteiger partial charge in [0.15, 0.2) is 0 Å². The molecule has 0 fully saturated rings. The Morgan fingerprint density at radius 3 is 2.62 bits per heavy atom. The molecule has 5 aromatic rings. The molecule has 0 saturated heterocycles. The Kier molecular flexibility index (Phi) is 6.41. The van der Waals surface area contributed by atoms with Gasteiger partial charge in [-0.25, -0.2) is 14.5 Å². The van der Waals surface area contributed by atoms with Gasteiger partial charge in [-0.15, -0.1) is 0 Å². The molecule has 0 saturated carbocycles. The van der Waals surface area contributed by atoms with Gasteiger partial charge in [-0.3, -0.25) is 4.79 Å². The number of methoxy groups -OCH3 is 1. The minimum absolute atomic E-state index is 0.218. The summed E-state index contributed by atoms with van der Waals surface area (Å²) in [6.07, 6.45) is -3.98. The first-order chi connectivity index (χ1) is 19.3. The van der Waals surface area contributed by atoms with Crippen molar-refractivity contribution in [3.05, 3.63) is 106 Å². The number of para-hydroxylation sites is 1. The van der Waals surface area contributed by atoms with Crippen molar-refractivity contribution < 1.29 is 17.9 Å². The second-order valence-electron chi connectivity index (χ2n) is 9.50. The van der Waals surface area contributed by atoms with Gasteiger partial charge in [0.2, 0.25) is 11.9 Å². The number of hydrogen-bond donors (Lipinski definition) is 2. The lowest BCUT2D eigenvalue weighted by Crippen LogP contribution is -2.39. The van der Waals surface area contributed by atoms with Crippen molar-refractivity contribution in [1.82, 2.24) is 19.5 Å². The Morgan fingerprint density at radius 1 is 1.02 bits per heavy atom. The first-order valence-corrected chi connectivity index (χ1v) is 12.7. The first-order valence-electron chi connectivity index (χ1n) is 12.7. The highest BCUT2D eigenvalue weighted by atomic mass is 19.4. The van der Waals surface area contributed by atoms with E-state index in [0.717, 1.165) is 23.4 Å². The minimum Gasteiger partial charge on any atom is -0.497 e. The number of benzene rings is 3. The Balaban J connectivity index is 1.34. The van der Waals surface area contributed by atoms with Gasteiger partial charge in [-0.05, 0) is 48.0 Å². The maximum atomic E-state index is 13.9. The fraction of sp³-hybridized carbons (Fsp3) is 0.207. The van der Waals surface area contributed by atoms with Gasteiger partial charge in [0.25, 0.3) is 5.56 Å². The van der Waals surface area contributed by atoms with Crippen LogP contribution in [-0.4, -0.2) is 33.2 Å². The molecular weight excluding hydrogens is 521 g/mol. The van der Waals surface area contributed by atoms with Crippen molar-refractivity contribution in [3.8, 4) is 11.4 Å². The van der Waals surface area contributed by atoms with Crippen LogP contribution in [0.1, 0.15) is 22.4 Å². The number of nitrogens with one attached hydrogen (secondary N) is 2. The zero-order valence-electron chi connectivity index (χ0n) is 21.5. The third-order valence-electron chi connectivity index (χ3n) is 6.93. The molecule has 3 aromatic carbocycles. The number of hydrogen-bond acceptors (Lipinski definition) is 6. The number of halogens is 3. The predicted molar refractivity (Wildman–Crippen MR) is 146 cm³/mol. The number of anilines is 2. The molecule has 11 heteroatoms. The number of alkyl halides is 3. The van der Waals surface area contributed by atoms with Gasteiger partial charge in [0, 0.05) is 19.5 Å². The summed E-state index contributed by atoms with van der Waals surface area (Å²) >= 11 is 0. The molecule has 2 N–H and O–H groups in total. The third-order valence-corrected chi connectivity index (χ3v) is 6.93. The van der Waals surface area contributed by atoms with Crippen LogP contribution in [0.5, 0.6) is 5.75 Å². The van der Waals surface area contributed by atoms with E-state index in [1.165, 1.54) is 6.07 Å². The number of rotatable bonds is 6. The molecule has 204 valence electrons. The van der Waals surface area contributed by atoms with E-state index in [9.17, 15) is 18.0 Å². The van der Waals surface area contributed by atoms with Crippen LogP contribution in [0.3, 0.4) is 0 Å². The van der Waals surface area contributed by atoms with Crippen molar-refractivity contribution in [2.75, 3.05) is 23.9 Å². The zero-order valence-corrected chi connectivity index (χ0v) is 21.5. The van der Waals surface area contributed by atoms with Crippen LogP contribution >= 0.6 is 0 Å². The third kappa shape index (κ3) is 4.86. The minimum atomic E-state index is -4.45. The molecular formula is C29H25F3N6O2. The molecule has 0 atom stereocenters. The summed E-state index contributed by atoms with van der Waals surface area (Å²) in [7, 11) is 1.61. The van der Waals surface area contributed by atoms with E-state index in [1.54, 1.807) is 11.7 Å². The van der Waals surface area contributed by atoms with E-state index in [2.05, 4.69) is 15.3 Å². The summed E-state index contributed by atoms with van der Waals surface area (Å²) in [5, 5.41) is 3.32. The molecule has 40 heavy (non-hydrogen) atoms. The Labute approximate surface area is 227 Å². The van der Waals surface area contributed by atoms with E-state index in [0.29, 0.717) is 53.9 Å². The van der Waals surface area contributed by atoms with E-state index < -0.39 is 11.7 Å². The summed E-state index contributed by atoms with van der Waals surface area (Å²) in [5.74, 6) is 1.57. The molecule has 0 amide bonds. The van der Waals surface area contributed by atoms with Gasteiger partial charge in [-0.2, -0.15) is 13.2 Å². The van der Waals surface area contributed by atoms with Crippen LogP contribution < -0.4 is 20.5 Å². The normalized spacial score (nSPS) is 13.3. The fourth-order valence-corrected chi connectivity index (χ4v) is 4.88. The Hall–Kier alpha value is -4.80. The van der Waals surface area contributed by atoms with Crippen LogP contribution in [0.25, 0.3) is 16.7 Å². The predicted octanol–water partition coefficient (Wildman–Crippen LogP) is 5.31. The number of aromatic nitrogens is 4. The van der Waals surface area contributed by atoms with Crippen LogP contribution in [0, 0.1) is 0 Å². The second-order valence-corrected chi connectivity index (χ2v) is 9.50. The lowest BCUT2D eigenvalue weighted by molar-refractivity contribution is -0.137. The molecule has 0 radical (unpaired) electrons. The van der Waals surface area contributed by atoms with Crippen molar-refractivity contribution in [2.24, 2.45) is 0 Å². The number of fused-ring (bicyclic) bond motifs is 2. The molecule has 1 aliphatic heterocycles. The maximum absolute atomic E-state index is 13.9. The SMILES string of the molecule is COc1cccc(CNc2nc3c(c(=O)n2-c2ccccc2)CN(c2nc4ccc(C(F)(F)F)cc4[nH]2)CC3)c1. The monoisotopic (exact) mass is 546 g/mol. The number of H-pyrrole nitrogens is 1. The van der Waals surface area contributed by atoms with E-state index in [4.69, 9.17) is 9.72 Å². The fourth-order valence-electron chi connectivity index (χ4n) is 4.88. The summed E-state index contributed by atoms with van der Waals surface area (Å²) in [6.45, 7) is 1.15. The largest absolute Gasteiger partial charge is 0.497 e. The first kappa shape index (κ1) is 25.5. The topological polar surface area (TPSA) is 88.1 Å². The van der Waals surface area contributed by atoms with Crippen LogP contribution in [0.2, 0.25) is 0 Å². The van der Waals surface area contributed by atoms with Crippen LogP contribution in [0.15, 0.2) is 77.6 Å². The Morgan fingerprint density at radius 2 is 1.85 bits per heavy atom. The molecule has 0 bridgehead atoms. The highest BCUT2D eigenvalue weighted by molar-refractivity contribution is 5.78. The van der Waals surface area contributed by atoms with E-state index in [-0.39, 0.29) is 17.6 Å². The van der Waals surface area contributed by atoms with Crippen molar-refractivity contribution in [2.45, 2.75) is 25.7 Å². The van der Waals surface area contributed by atoms with Crippen LogP contribution in [0.4, 0.5) is 25.1 Å². The van der Waals surface area contributed by atoms with Gasteiger partial charge in [0.1, 0.15) is 5.75 Å². The van der Waals surface area contributed by atoms with E-state index in [1.807, 2.05) is 59.5 Å². The molecule has 0 spiro atoms. The molecule has 0 aliphatic carbocycles. The van der Waals surface area contributed by atoms with Gasteiger partial charge >= 0.3 is 6.18 Å². The highest BCUT2D eigenvalue weighted by Gasteiger charge is 2.31. The highest BCUT2D eigenvalue weighted by Crippen LogP contribution is 2.32. The zero-order chi connectivity index (χ0) is 27.9. The van der Waals surface area contributed by atoms with Crippen molar-refractivity contribution in [3.63, 3.8) is 0 Å². The molecule has 8 nitrogen and oxygen atoms in total. The lowest BCUT2D eigenvalue weighted by Gasteiger charge is -2.28. The number of nitrogens with zero attached hydrogens (tertiary/aromatic N) is 4. The van der Waals surface area contributed by atoms with Gasteiger partial charge < -0.3 is 19.9 Å². The second kappa shape index (κ2) is 10.1. The Bertz CT molecular complexity index is 1750. The smallest absolute Gasteiger partial charge is 0.416 e. The average Bonchev–Trinajstić information content (AvgIpc) is 3.40. The van der Waals surface area contributed by atoms with Gasteiger partial charge in [0.05, 0.1) is 47.2 Å². The van der Waals surface area contributed by atoms with E-state index >= 15 is 0 Å². The lowest BCUT2D eigenvalue weighted by atomic mass is 10.1. The van der Waals surface area contributed by atoms with Crippen LogP contribution in [-0.2, 0) is 25.7 Å². The molecule has 1 aliphatic rings. The standard InChI is InChI=1S/C29H25F3N6O2/c1-40-21-9-5-6-18(14-21)16-33-27-34-23-12-13-37(17-22(23)26(39)38(27)20-7-3-2-4-8-20)28-35-24-11-10-19(29(30,31)32)15-25(24)36-28/h2-11,14-15H,12-13,16-17H2,1H3,(H,33,34)(H,35,36). The summed E-state index contributed by atoms with van der Waals surface area (Å²) in [6, 6.07) is 20.3. The number of ether oxygens (including phenoxy) is 1. The maximum Gasteiger partial charge on any atom is 0.416 e. The molecule has 2 aromatic heterocycles. The molecule has 6 rings (SSSR count). The molecule has 0 unspecified atom stereocenters. The van der Waals surface area contributed by atoms with Gasteiger partial charge in [-0.1, -0.05) is 30.3 Å². The van der Waals surface area contributed by atoms with Crippen molar-refractivity contribution >= 4 is 22.9 Å². The number of imidazole rings is 1. The number of aromatic amines is 1. The summed E-state index contributed by atoms with van der Waals surface area (Å²) < 4.78 is 46.4. The average molecular weight is 547 g/mol. The quantitative estimate of drug-likeness (QED) is 0.300. The van der Waals surface area contributed by atoms with Crippen molar-refractivity contribution in [1.29, 1.82) is 0 Å². The molecule has 3 heterocycles.